The molecular weight excluding hydrogens is 410 g/mol. The molecule has 0 fully saturated rings. The fourth-order valence-electron chi connectivity index (χ4n) is 3.38. The van der Waals surface area contributed by atoms with Gasteiger partial charge in [-0.1, -0.05) is 35.9 Å². The number of amides is 1. The van der Waals surface area contributed by atoms with Gasteiger partial charge >= 0.3 is 0 Å². The van der Waals surface area contributed by atoms with Crippen LogP contribution in [0, 0.1) is 6.92 Å². The van der Waals surface area contributed by atoms with E-state index >= 15 is 0 Å². The maximum atomic E-state index is 13.3. The second-order valence-corrected chi connectivity index (χ2v) is 9.49. The number of benzene rings is 1. The van der Waals surface area contributed by atoms with Crippen molar-refractivity contribution >= 4 is 28.1 Å². The van der Waals surface area contributed by atoms with Crippen molar-refractivity contribution in [2.24, 2.45) is 0 Å². The zero-order valence-electron chi connectivity index (χ0n) is 18.0. The van der Waals surface area contributed by atoms with Crippen LogP contribution in [0.1, 0.15) is 31.9 Å². The Labute approximate surface area is 184 Å². The molecule has 0 saturated carbocycles. The van der Waals surface area contributed by atoms with Gasteiger partial charge in [0.2, 0.25) is 5.91 Å². The van der Waals surface area contributed by atoms with E-state index in [1.165, 1.54) is 16.0 Å². The van der Waals surface area contributed by atoms with E-state index in [0.29, 0.717) is 23.1 Å². The van der Waals surface area contributed by atoms with Crippen molar-refractivity contribution in [1.82, 2.24) is 24.9 Å². The molecule has 0 aliphatic rings. The topological polar surface area (TPSA) is 81.8 Å². The number of fused-ring (bicyclic) bond motifs is 1. The van der Waals surface area contributed by atoms with Gasteiger partial charge in [-0.2, -0.15) is 10.2 Å². The van der Waals surface area contributed by atoms with E-state index in [-0.39, 0.29) is 23.6 Å². The molecular formula is C23H25N5O2S. The van der Waals surface area contributed by atoms with Crippen LogP contribution in [0.15, 0.2) is 52.8 Å². The van der Waals surface area contributed by atoms with Gasteiger partial charge in [-0.05, 0) is 44.7 Å². The van der Waals surface area contributed by atoms with Crippen molar-refractivity contribution in [1.29, 1.82) is 0 Å². The molecule has 0 radical (unpaired) electrons. The van der Waals surface area contributed by atoms with Crippen LogP contribution < -0.4 is 10.9 Å². The maximum absolute atomic E-state index is 13.3. The number of aryl methyl sites for hydroxylation is 1. The smallest absolute Gasteiger partial charge is 0.293 e. The molecule has 4 rings (SSSR count). The Morgan fingerprint density at radius 2 is 1.90 bits per heavy atom. The first kappa shape index (κ1) is 21.0. The summed E-state index contributed by atoms with van der Waals surface area (Å²) >= 11 is 1.53. The van der Waals surface area contributed by atoms with E-state index in [9.17, 15) is 9.59 Å². The van der Waals surface area contributed by atoms with Crippen LogP contribution >= 0.6 is 11.3 Å². The van der Waals surface area contributed by atoms with Gasteiger partial charge in [-0.15, -0.1) is 11.3 Å². The van der Waals surface area contributed by atoms with E-state index < -0.39 is 0 Å². The molecule has 0 aliphatic heterocycles. The van der Waals surface area contributed by atoms with Crippen molar-refractivity contribution in [2.75, 3.05) is 0 Å². The minimum absolute atomic E-state index is 0.158. The minimum atomic E-state index is -0.388. The monoisotopic (exact) mass is 435 g/mol. The first-order valence-electron chi connectivity index (χ1n) is 10.1. The number of hydrogen-bond acceptors (Lipinski definition) is 5. The van der Waals surface area contributed by atoms with Crippen LogP contribution in [0.3, 0.4) is 0 Å². The maximum Gasteiger partial charge on any atom is 0.293 e. The Morgan fingerprint density at radius 1 is 1.16 bits per heavy atom. The molecule has 0 atom stereocenters. The van der Waals surface area contributed by atoms with Crippen molar-refractivity contribution < 1.29 is 4.79 Å². The average molecular weight is 436 g/mol. The summed E-state index contributed by atoms with van der Waals surface area (Å²) in [6.45, 7) is 8.22. The third-order valence-corrected chi connectivity index (χ3v) is 5.85. The molecule has 1 amide bonds. The van der Waals surface area contributed by atoms with Crippen molar-refractivity contribution in [3.8, 4) is 10.6 Å². The van der Waals surface area contributed by atoms with E-state index in [2.05, 4.69) is 15.5 Å². The van der Waals surface area contributed by atoms with Crippen LogP contribution in [0.2, 0.25) is 0 Å². The summed E-state index contributed by atoms with van der Waals surface area (Å²) < 4.78 is 2.95. The Bertz CT molecular complexity index is 1280. The summed E-state index contributed by atoms with van der Waals surface area (Å²) in [4.78, 5) is 26.8. The van der Waals surface area contributed by atoms with Crippen molar-refractivity contribution in [2.45, 2.75) is 46.3 Å². The van der Waals surface area contributed by atoms with Crippen molar-refractivity contribution in [3.63, 3.8) is 0 Å². The standard InChI is InChI=1S/C23H25N5O2S/c1-15-7-9-16(10-8-15)12-24-19(29)14-27-22(30)21-17(13-25-28(21)23(2,3)4)20(26-27)18-6-5-11-31-18/h5-11,13H,12,14H2,1-4H3,(H,24,29). The number of aromatic nitrogens is 4. The molecule has 3 aromatic heterocycles. The first-order valence-corrected chi connectivity index (χ1v) is 11.0. The van der Waals surface area contributed by atoms with E-state index in [1.54, 1.807) is 10.9 Å². The fraction of sp³-hybridized carbons (Fsp3) is 0.304. The quantitative estimate of drug-likeness (QED) is 0.518. The molecule has 0 aliphatic carbocycles. The Kier molecular flexibility index (Phi) is 5.49. The minimum Gasteiger partial charge on any atom is -0.350 e. The number of nitrogens with zero attached hydrogens (tertiary/aromatic N) is 4. The number of rotatable bonds is 5. The molecule has 1 aromatic carbocycles. The third-order valence-electron chi connectivity index (χ3n) is 4.98. The number of carbonyl (C=O) groups excluding carboxylic acids is 1. The molecule has 0 bridgehead atoms. The number of nitrogens with one attached hydrogen (secondary N) is 1. The molecule has 8 heteroatoms. The lowest BCUT2D eigenvalue weighted by Gasteiger charge is -2.20. The van der Waals surface area contributed by atoms with Crippen LogP contribution in [0.5, 0.6) is 0 Å². The van der Waals surface area contributed by atoms with Gasteiger partial charge in [0.1, 0.15) is 17.8 Å². The summed E-state index contributed by atoms with van der Waals surface area (Å²) in [5.41, 5.74) is 2.56. The van der Waals surface area contributed by atoms with Gasteiger partial charge in [0, 0.05) is 6.54 Å². The van der Waals surface area contributed by atoms with Crippen LogP contribution in [-0.4, -0.2) is 25.5 Å². The summed E-state index contributed by atoms with van der Waals surface area (Å²) in [5.74, 6) is -0.270. The zero-order valence-corrected chi connectivity index (χ0v) is 18.9. The first-order chi connectivity index (χ1) is 14.7. The molecule has 0 unspecified atom stereocenters. The lowest BCUT2D eigenvalue weighted by molar-refractivity contribution is -0.122. The molecule has 7 nitrogen and oxygen atoms in total. The summed E-state index contributed by atoms with van der Waals surface area (Å²) in [7, 11) is 0. The van der Waals surface area contributed by atoms with Gasteiger partial charge < -0.3 is 5.32 Å². The lowest BCUT2D eigenvalue weighted by atomic mass is 10.1. The highest BCUT2D eigenvalue weighted by atomic mass is 32.1. The predicted molar refractivity (Wildman–Crippen MR) is 123 cm³/mol. The van der Waals surface area contributed by atoms with Crippen molar-refractivity contribution in [3.05, 3.63) is 69.5 Å². The zero-order chi connectivity index (χ0) is 22.2. The van der Waals surface area contributed by atoms with Gasteiger partial charge in [0.15, 0.2) is 0 Å². The Balaban J connectivity index is 1.70. The Morgan fingerprint density at radius 3 is 2.55 bits per heavy atom. The van der Waals surface area contributed by atoms with Gasteiger partial charge in [0.25, 0.3) is 5.56 Å². The van der Waals surface area contributed by atoms with Gasteiger partial charge in [-0.25, -0.2) is 4.68 Å². The summed E-state index contributed by atoms with van der Waals surface area (Å²) in [6.07, 6.45) is 1.69. The van der Waals surface area contributed by atoms with E-state index in [0.717, 1.165) is 16.0 Å². The highest BCUT2D eigenvalue weighted by Crippen LogP contribution is 2.30. The van der Waals surface area contributed by atoms with Crippen LogP contribution in [0.25, 0.3) is 21.5 Å². The highest BCUT2D eigenvalue weighted by Gasteiger charge is 2.24. The lowest BCUT2D eigenvalue weighted by Crippen LogP contribution is -2.35. The predicted octanol–water partition coefficient (Wildman–Crippen LogP) is 3.70. The largest absolute Gasteiger partial charge is 0.350 e. The molecule has 31 heavy (non-hydrogen) atoms. The second kappa shape index (κ2) is 8.11. The molecule has 3 heterocycles. The van der Waals surface area contributed by atoms with Crippen LogP contribution in [0.4, 0.5) is 0 Å². The third kappa shape index (κ3) is 4.29. The van der Waals surface area contributed by atoms with Crippen LogP contribution in [-0.2, 0) is 23.4 Å². The summed E-state index contributed by atoms with van der Waals surface area (Å²) in [5, 5.41) is 14.5. The van der Waals surface area contributed by atoms with E-state index in [4.69, 9.17) is 0 Å². The number of hydrogen-bond donors (Lipinski definition) is 1. The van der Waals surface area contributed by atoms with E-state index in [1.807, 2.05) is 69.5 Å². The number of thiophene rings is 1. The highest BCUT2D eigenvalue weighted by molar-refractivity contribution is 7.13. The van der Waals surface area contributed by atoms with Gasteiger partial charge in [-0.3, -0.25) is 14.3 Å². The molecule has 0 saturated heterocycles. The van der Waals surface area contributed by atoms with Gasteiger partial charge in [0.05, 0.1) is 22.0 Å². The average Bonchev–Trinajstić information content (AvgIpc) is 3.39. The number of carbonyl (C=O) groups is 1. The SMILES string of the molecule is Cc1ccc(CNC(=O)Cn2nc(-c3cccs3)c3cnn(C(C)(C)C)c3c2=O)cc1. The molecule has 160 valence electrons. The normalized spacial score (nSPS) is 11.7. The fourth-order valence-corrected chi connectivity index (χ4v) is 4.10. The molecule has 0 spiro atoms. The summed E-state index contributed by atoms with van der Waals surface area (Å²) in [6, 6.07) is 11.8. The Hall–Kier alpha value is -3.26. The molecule has 1 N–H and O–H groups in total. The molecule has 4 aromatic rings. The second-order valence-electron chi connectivity index (χ2n) is 8.54.